The van der Waals surface area contributed by atoms with Crippen LogP contribution in [0.3, 0.4) is 0 Å². The summed E-state index contributed by atoms with van der Waals surface area (Å²) in [5.41, 5.74) is 7.89. The van der Waals surface area contributed by atoms with Gasteiger partial charge in [0.15, 0.2) is 0 Å². The lowest BCUT2D eigenvalue weighted by molar-refractivity contribution is 0.600. The molecular formula is C11H17NS. The molecule has 1 fully saturated rings. The summed E-state index contributed by atoms with van der Waals surface area (Å²) in [6.07, 6.45) is 1.14. The van der Waals surface area contributed by atoms with Gasteiger partial charge < -0.3 is 5.73 Å². The highest BCUT2D eigenvalue weighted by atomic mass is 32.1. The number of thiophene rings is 1. The lowest BCUT2D eigenvalue weighted by Gasteiger charge is -2.02. The maximum Gasteiger partial charge on any atom is 0.0180 e. The Kier molecular flexibility index (Phi) is 2.00. The van der Waals surface area contributed by atoms with Gasteiger partial charge >= 0.3 is 0 Å². The second-order valence-electron chi connectivity index (χ2n) is 4.49. The topological polar surface area (TPSA) is 26.0 Å². The molecule has 2 heteroatoms. The first-order chi connectivity index (χ1) is 6.09. The van der Waals surface area contributed by atoms with E-state index in [1.165, 1.54) is 10.4 Å². The molecule has 1 aromatic rings. The average molecular weight is 195 g/mol. The normalized spacial score (nSPS) is 30.5. The first-order valence-electron chi connectivity index (χ1n) is 4.91. The van der Waals surface area contributed by atoms with Crippen LogP contribution >= 0.6 is 11.3 Å². The first-order valence-corrected chi connectivity index (χ1v) is 5.78. The molecule has 1 saturated carbocycles. The lowest BCUT2D eigenvalue weighted by Crippen LogP contribution is -2.06. The van der Waals surface area contributed by atoms with Crippen molar-refractivity contribution in [2.45, 2.75) is 39.2 Å². The van der Waals surface area contributed by atoms with Crippen LogP contribution < -0.4 is 5.73 Å². The summed E-state index contributed by atoms with van der Waals surface area (Å²) in [5.74, 6) is 0.613. The molecule has 2 N–H and O–H groups in total. The van der Waals surface area contributed by atoms with Crippen LogP contribution in [-0.4, -0.2) is 6.04 Å². The van der Waals surface area contributed by atoms with E-state index in [-0.39, 0.29) is 0 Å². The van der Waals surface area contributed by atoms with E-state index < -0.39 is 0 Å². The third kappa shape index (κ3) is 1.24. The van der Waals surface area contributed by atoms with Crippen LogP contribution in [0.4, 0.5) is 0 Å². The number of hydrogen-bond donors (Lipinski definition) is 1. The van der Waals surface area contributed by atoms with E-state index in [0.29, 0.717) is 17.4 Å². The Bertz CT molecular complexity index is 314. The van der Waals surface area contributed by atoms with E-state index in [2.05, 4.69) is 32.2 Å². The fourth-order valence-electron chi connectivity index (χ4n) is 2.09. The van der Waals surface area contributed by atoms with Gasteiger partial charge in [0.2, 0.25) is 0 Å². The number of aryl methyl sites for hydroxylation is 1. The van der Waals surface area contributed by atoms with E-state index in [1.54, 1.807) is 0 Å². The van der Waals surface area contributed by atoms with E-state index >= 15 is 0 Å². The standard InChI is InChI=1S/C11H17NS/c1-4-7-5-6-13-9(7)8-10(12)11(8,2)3/h5-6,8,10H,4,12H2,1-3H3/t8-,10-/m1/s1. The maximum atomic E-state index is 6.07. The summed E-state index contributed by atoms with van der Waals surface area (Å²) in [7, 11) is 0. The van der Waals surface area contributed by atoms with Crippen molar-refractivity contribution in [3.05, 3.63) is 21.9 Å². The van der Waals surface area contributed by atoms with Gasteiger partial charge in [0.25, 0.3) is 0 Å². The second-order valence-corrected chi connectivity index (χ2v) is 5.44. The van der Waals surface area contributed by atoms with Crippen molar-refractivity contribution >= 4 is 11.3 Å². The van der Waals surface area contributed by atoms with Crippen LogP contribution in [-0.2, 0) is 6.42 Å². The van der Waals surface area contributed by atoms with Gasteiger partial charge in [-0.3, -0.25) is 0 Å². The summed E-state index contributed by atoms with van der Waals surface area (Å²) in [5, 5.41) is 2.19. The summed E-state index contributed by atoms with van der Waals surface area (Å²) >= 11 is 1.87. The van der Waals surface area contributed by atoms with E-state index in [0.717, 1.165) is 6.42 Å². The first kappa shape index (κ1) is 9.22. The minimum atomic E-state index is 0.328. The molecule has 0 bridgehead atoms. The summed E-state index contributed by atoms with van der Waals surface area (Å²) in [6.45, 7) is 6.75. The van der Waals surface area contributed by atoms with Crippen molar-refractivity contribution in [2.75, 3.05) is 0 Å². The Morgan fingerprint density at radius 1 is 1.54 bits per heavy atom. The maximum absolute atomic E-state index is 6.07. The minimum absolute atomic E-state index is 0.328. The SMILES string of the molecule is CCc1ccsc1[C@@H]1[C@@H](N)C1(C)C. The van der Waals surface area contributed by atoms with Crippen molar-refractivity contribution in [3.63, 3.8) is 0 Å². The average Bonchev–Trinajstić information content (AvgIpc) is 2.54. The third-order valence-corrected chi connectivity index (χ3v) is 4.40. The zero-order valence-electron chi connectivity index (χ0n) is 8.50. The quantitative estimate of drug-likeness (QED) is 0.771. The summed E-state index contributed by atoms with van der Waals surface area (Å²) < 4.78 is 0. The minimum Gasteiger partial charge on any atom is -0.327 e. The molecule has 0 aromatic carbocycles. The second kappa shape index (κ2) is 2.82. The van der Waals surface area contributed by atoms with Gasteiger partial charge in [-0.05, 0) is 28.8 Å². The molecule has 0 aliphatic heterocycles. The molecule has 2 atom stereocenters. The predicted octanol–water partition coefficient (Wildman–Crippen LogP) is 2.76. The van der Waals surface area contributed by atoms with Crippen molar-refractivity contribution < 1.29 is 0 Å². The molecule has 0 amide bonds. The zero-order valence-corrected chi connectivity index (χ0v) is 9.32. The van der Waals surface area contributed by atoms with Crippen LogP contribution in [0.2, 0.25) is 0 Å². The smallest absolute Gasteiger partial charge is 0.0180 e. The molecule has 1 heterocycles. The Hall–Kier alpha value is -0.340. The molecule has 1 aliphatic rings. The summed E-state index contributed by atoms with van der Waals surface area (Å²) in [6, 6.07) is 2.61. The molecule has 0 spiro atoms. The van der Waals surface area contributed by atoms with Crippen LogP contribution in [0.15, 0.2) is 11.4 Å². The molecule has 0 saturated heterocycles. The molecule has 13 heavy (non-hydrogen) atoms. The van der Waals surface area contributed by atoms with Crippen LogP contribution in [0.25, 0.3) is 0 Å². The largest absolute Gasteiger partial charge is 0.327 e. The number of rotatable bonds is 2. The van der Waals surface area contributed by atoms with Crippen molar-refractivity contribution in [1.29, 1.82) is 0 Å². The highest BCUT2D eigenvalue weighted by molar-refractivity contribution is 7.10. The van der Waals surface area contributed by atoms with Crippen LogP contribution in [0.1, 0.15) is 37.1 Å². The van der Waals surface area contributed by atoms with Crippen molar-refractivity contribution in [1.82, 2.24) is 0 Å². The van der Waals surface area contributed by atoms with Crippen molar-refractivity contribution in [3.8, 4) is 0 Å². The fraction of sp³-hybridized carbons (Fsp3) is 0.636. The van der Waals surface area contributed by atoms with Crippen molar-refractivity contribution in [2.24, 2.45) is 11.1 Å². The molecule has 1 nitrogen and oxygen atoms in total. The van der Waals surface area contributed by atoms with Crippen LogP contribution in [0.5, 0.6) is 0 Å². The predicted molar refractivity (Wildman–Crippen MR) is 58.2 cm³/mol. The molecule has 2 rings (SSSR count). The molecule has 72 valence electrons. The van der Waals surface area contributed by atoms with E-state index in [9.17, 15) is 0 Å². The number of nitrogens with two attached hydrogens (primary N) is 1. The number of hydrogen-bond acceptors (Lipinski definition) is 2. The fourth-order valence-corrected chi connectivity index (χ4v) is 3.43. The Labute approximate surface area is 84.0 Å². The monoisotopic (exact) mass is 195 g/mol. The van der Waals surface area contributed by atoms with Crippen LogP contribution in [0, 0.1) is 5.41 Å². The van der Waals surface area contributed by atoms with E-state index in [1.807, 2.05) is 11.3 Å². The van der Waals surface area contributed by atoms with Gasteiger partial charge in [-0.2, -0.15) is 0 Å². The molecule has 1 aromatic heterocycles. The highest BCUT2D eigenvalue weighted by Gasteiger charge is 2.57. The zero-order chi connectivity index (χ0) is 9.64. The van der Waals surface area contributed by atoms with Gasteiger partial charge in [0.1, 0.15) is 0 Å². The molecule has 1 aliphatic carbocycles. The Balaban J connectivity index is 2.28. The molecular weight excluding hydrogens is 178 g/mol. The van der Waals surface area contributed by atoms with Gasteiger partial charge in [0.05, 0.1) is 0 Å². The Morgan fingerprint density at radius 2 is 2.15 bits per heavy atom. The van der Waals surface area contributed by atoms with E-state index in [4.69, 9.17) is 5.73 Å². The summed E-state index contributed by atoms with van der Waals surface area (Å²) in [4.78, 5) is 1.53. The Morgan fingerprint density at radius 3 is 2.62 bits per heavy atom. The third-order valence-electron chi connectivity index (χ3n) is 3.35. The van der Waals surface area contributed by atoms with Gasteiger partial charge in [-0.25, -0.2) is 0 Å². The highest BCUT2D eigenvalue weighted by Crippen LogP contribution is 2.59. The van der Waals surface area contributed by atoms with Gasteiger partial charge in [-0.1, -0.05) is 20.8 Å². The van der Waals surface area contributed by atoms with Gasteiger partial charge in [0, 0.05) is 16.8 Å². The van der Waals surface area contributed by atoms with Gasteiger partial charge in [-0.15, -0.1) is 11.3 Å². The lowest BCUT2D eigenvalue weighted by atomic mass is 10.1. The molecule has 0 unspecified atom stereocenters. The molecule has 0 radical (unpaired) electrons.